The van der Waals surface area contributed by atoms with Crippen molar-refractivity contribution in [1.29, 1.82) is 0 Å². The van der Waals surface area contributed by atoms with Crippen molar-refractivity contribution in [1.82, 2.24) is 9.13 Å². The summed E-state index contributed by atoms with van der Waals surface area (Å²) in [6.45, 7) is 2.80. The first-order chi connectivity index (χ1) is 7.67. The number of aromatic nitrogens is 2. The van der Waals surface area contributed by atoms with Gasteiger partial charge in [0.05, 0.1) is 0 Å². The zero-order chi connectivity index (χ0) is 11.7. The van der Waals surface area contributed by atoms with E-state index in [-0.39, 0.29) is 11.2 Å². The fourth-order valence-electron chi connectivity index (χ4n) is 1.76. The van der Waals surface area contributed by atoms with E-state index < -0.39 is 0 Å². The summed E-state index contributed by atoms with van der Waals surface area (Å²) in [7, 11) is 0. The molecule has 3 N–H and O–H groups in total. The fraction of sp³-hybridized carbons (Fsp3) is 0.600. The molecule has 0 atom stereocenters. The lowest BCUT2D eigenvalue weighted by Crippen LogP contribution is -2.41. The smallest absolute Gasteiger partial charge is 0.310 e. The molecule has 0 radical (unpaired) electrons. The van der Waals surface area contributed by atoms with E-state index in [4.69, 9.17) is 5.84 Å². The largest absolute Gasteiger partial charge is 0.332 e. The van der Waals surface area contributed by atoms with Gasteiger partial charge in [-0.15, -0.1) is 0 Å². The molecule has 88 valence electrons. The maximum Gasteiger partial charge on any atom is 0.332 e. The van der Waals surface area contributed by atoms with Crippen LogP contribution in [0.5, 0.6) is 0 Å². The van der Waals surface area contributed by atoms with Crippen LogP contribution in [0.25, 0.3) is 0 Å². The van der Waals surface area contributed by atoms with Crippen LogP contribution in [0.15, 0.2) is 15.7 Å². The first kappa shape index (κ1) is 10.9. The molecule has 1 aliphatic carbocycles. The molecule has 0 amide bonds. The Morgan fingerprint density at radius 2 is 2.12 bits per heavy atom. The summed E-state index contributed by atoms with van der Waals surface area (Å²) in [5.74, 6) is 6.26. The van der Waals surface area contributed by atoms with E-state index in [9.17, 15) is 9.59 Å². The van der Waals surface area contributed by atoms with Crippen LogP contribution in [-0.2, 0) is 13.1 Å². The van der Waals surface area contributed by atoms with Crippen LogP contribution in [0.4, 0.5) is 5.82 Å². The number of hydrazine groups is 1. The van der Waals surface area contributed by atoms with Crippen LogP contribution in [0, 0.1) is 5.92 Å². The van der Waals surface area contributed by atoms with Crippen molar-refractivity contribution in [2.24, 2.45) is 11.8 Å². The Morgan fingerprint density at radius 3 is 2.62 bits per heavy atom. The normalized spacial score (nSPS) is 15.1. The predicted octanol–water partition coefficient (Wildman–Crippen LogP) is -0.274. The van der Waals surface area contributed by atoms with Gasteiger partial charge in [-0.1, -0.05) is 0 Å². The molecule has 1 saturated carbocycles. The molecule has 16 heavy (non-hydrogen) atoms. The van der Waals surface area contributed by atoms with Crippen molar-refractivity contribution in [3.05, 3.63) is 26.9 Å². The van der Waals surface area contributed by atoms with Gasteiger partial charge in [-0.2, -0.15) is 0 Å². The van der Waals surface area contributed by atoms with Gasteiger partial charge in [0.2, 0.25) is 0 Å². The molecule has 1 fully saturated rings. The average Bonchev–Trinajstić information content (AvgIpc) is 3.06. The molecule has 1 aliphatic rings. The standard InChI is InChI=1S/C10H16N4O2/c1-2-13-9(15)5-8(12-11)14(10(13)16)6-7-3-4-7/h5,7,12H,2-4,6,11H2,1H3. The van der Waals surface area contributed by atoms with Crippen molar-refractivity contribution >= 4 is 5.82 Å². The molecule has 2 rings (SSSR count). The van der Waals surface area contributed by atoms with Crippen LogP contribution in [-0.4, -0.2) is 9.13 Å². The van der Waals surface area contributed by atoms with E-state index in [0.29, 0.717) is 24.8 Å². The van der Waals surface area contributed by atoms with Gasteiger partial charge in [0.1, 0.15) is 5.82 Å². The molecule has 6 nitrogen and oxygen atoms in total. The van der Waals surface area contributed by atoms with Gasteiger partial charge in [0, 0.05) is 19.2 Å². The summed E-state index contributed by atoms with van der Waals surface area (Å²) in [4.78, 5) is 23.6. The zero-order valence-electron chi connectivity index (χ0n) is 9.27. The van der Waals surface area contributed by atoms with E-state index in [1.54, 1.807) is 11.5 Å². The Labute approximate surface area is 92.7 Å². The first-order valence-corrected chi connectivity index (χ1v) is 5.48. The summed E-state index contributed by atoms with van der Waals surface area (Å²) in [6, 6.07) is 1.37. The highest BCUT2D eigenvalue weighted by Gasteiger charge is 2.24. The SMILES string of the molecule is CCn1c(=O)cc(NN)n(CC2CC2)c1=O. The van der Waals surface area contributed by atoms with Crippen LogP contribution in [0.3, 0.4) is 0 Å². The number of rotatable bonds is 4. The Morgan fingerprint density at radius 1 is 1.44 bits per heavy atom. The minimum absolute atomic E-state index is 0.283. The minimum atomic E-state index is -0.313. The maximum absolute atomic E-state index is 12.0. The quantitative estimate of drug-likeness (QED) is 0.544. The summed E-state index contributed by atoms with van der Waals surface area (Å²) in [5, 5.41) is 0. The molecular weight excluding hydrogens is 208 g/mol. The minimum Gasteiger partial charge on any atom is -0.310 e. The summed E-state index contributed by atoms with van der Waals surface area (Å²) in [5.41, 5.74) is 1.82. The number of nitrogens with two attached hydrogens (primary N) is 1. The Bertz CT molecular complexity index is 499. The second kappa shape index (κ2) is 4.13. The second-order valence-corrected chi connectivity index (χ2v) is 4.09. The fourth-order valence-corrected chi connectivity index (χ4v) is 1.76. The predicted molar refractivity (Wildman–Crippen MR) is 61.2 cm³/mol. The van der Waals surface area contributed by atoms with E-state index in [0.717, 1.165) is 12.8 Å². The zero-order valence-corrected chi connectivity index (χ0v) is 9.27. The number of hydrogen-bond acceptors (Lipinski definition) is 4. The van der Waals surface area contributed by atoms with Crippen molar-refractivity contribution in [2.45, 2.75) is 32.9 Å². The van der Waals surface area contributed by atoms with Crippen molar-refractivity contribution in [2.75, 3.05) is 5.43 Å². The molecule has 0 aromatic carbocycles. The van der Waals surface area contributed by atoms with Crippen LogP contribution in [0.1, 0.15) is 19.8 Å². The highest BCUT2D eigenvalue weighted by atomic mass is 16.2. The third-order valence-corrected chi connectivity index (χ3v) is 2.88. The summed E-state index contributed by atoms with van der Waals surface area (Å²) in [6.07, 6.45) is 2.28. The average molecular weight is 224 g/mol. The third-order valence-electron chi connectivity index (χ3n) is 2.88. The number of anilines is 1. The van der Waals surface area contributed by atoms with Crippen molar-refractivity contribution in [3.63, 3.8) is 0 Å². The van der Waals surface area contributed by atoms with Gasteiger partial charge in [-0.05, 0) is 25.7 Å². The molecule has 0 unspecified atom stereocenters. The third kappa shape index (κ3) is 1.88. The Hall–Kier alpha value is -1.56. The van der Waals surface area contributed by atoms with Crippen LogP contribution < -0.4 is 22.5 Å². The molecule has 0 bridgehead atoms. The summed E-state index contributed by atoms with van der Waals surface area (Å²) >= 11 is 0. The topological polar surface area (TPSA) is 82.0 Å². The van der Waals surface area contributed by atoms with E-state index >= 15 is 0 Å². The van der Waals surface area contributed by atoms with Gasteiger partial charge < -0.3 is 5.43 Å². The molecule has 1 aromatic heterocycles. The van der Waals surface area contributed by atoms with Gasteiger partial charge in [-0.3, -0.25) is 13.9 Å². The Balaban J connectivity index is 2.53. The molecule has 0 saturated heterocycles. The first-order valence-electron chi connectivity index (χ1n) is 5.48. The van der Waals surface area contributed by atoms with E-state index in [1.165, 1.54) is 10.6 Å². The number of nitrogens with zero attached hydrogens (tertiary/aromatic N) is 2. The van der Waals surface area contributed by atoms with Crippen molar-refractivity contribution in [3.8, 4) is 0 Å². The van der Waals surface area contributed by atoms with E-state index in [2.05, 4.69) is 5.43 Å². The number of nitrogens with one attached hydrogen (secondary N) is 1. The molecule has 1 heterocycles. The van der Waals surface area contributed by atoms with E-state index in [1.807, 2.05) is 0 Å². The monoisotopic (exact) mass is 224 g/mol. The van der Waals surface area contributed by atoms with Crippen molar-refractivity contribution < 1.29 is 0 Å². The summed E-state index contributed by atoms with van der Waals surface area (Å²) < 4.78 is 2.76. The molecule has 0 spiro atoms. The highest BCUT2D eigenvalue weighted by Crippen LogP contribution is 2.30. The van der Waals surface area contributed by atoms with Gasteiger partial charge in [0.25, 0.3) is 5.56 Å². The lowest BCUT2D eigenvalue weighted by molar-refractivity contribution is 0.543. The molecule has 0 aliphatic heterocycles. The molecular formula is C10H16N4O2. The van der Waals surface area contributed by atoms with Gasteiger partial charge in [-0.25, -0.2) is 10.6 Å². The van der Waals surface area contributed by atoms with Gasteiger partial charge >= 0.3 is 5.69 Å². The second-order valence-electron chi connectivity index (χ2n) is 4.09. The van der Waals surface area contributed by atoms with Gasteiger partial charge in [0.15, 0.2) is 0 Å². The van der Waals surface area contributed by atoms with Crippen LogP contribution >= 0.6 is 0 Å². The molecule has 1 aromatic rings. The number of nitrogen functional groups attached to an aromatic ring is 1. The Kier molecular flexibility index (Phi) is 2.82. The van der Waals surface area contributed by atoms with Crippen LogP contribution in [0.2, 0.25) is 0 Å². The lowest BCUT2D eigenvalue weighted by atomic mass is 10.4. The molecule has 6 heteroatoms. The lowest BCUT2D eigenvalue weighted by Gasteiger charge is -2.13. The highest BCUT2D eigenvalue weighted by molar-refractivity contribution is 5.32. The maximum atomic E-state index is 12.0. The number of hydrogen-bond donors (Lipinski definition) is 2.